The zero-order valence-corrected chi connectivity index (χ0v) is 26.8. The number of pyridine rings is 1. The summed E-state index contributed by atoms with van der Waals surface area (Å²) in [5, 5.41) is 4.15. The molecule has 2 saturated heterocycles. The van der Waals surface area contributed by atoms with Crippen LogP contribution in [0.3, 0.4) is 0 Å². The lowest BCUT2D eigenvalue weighted by molar-refractivity contribution is 0.00664. The fourth-order valence-electron chi connectivity index (χ4n) is 6.99. The van der Waals surface area contributed by atoms with Crippen molar-refractivity contribution in [2.45, 2.75) is 83.8 Å². The van der Waals surface area contributed by atoms with Crippen LogP contribution < -0.4 is 10.2 Å². The lowest BCUT2D eigenvalue weighted by Crippen LogP contribution is -2.49. The highest BCUT2D eigenvalue weighted by Crippen LogP contribution is 2.42. The van der Waals surface area contributed by atoms with Crippen LogP contribution in [0.2, 0.25) is 0 Å². The van der Waals surface area contributed by atoms with Crippen molar-refractivity contribution in [1.29, 1.82) is 0 Å². The van der Waals surface area contributed by atoms with Crippen molar-refractivity contribution < 1.29 is 14.3 Å². The molecule has 5 heterocycles. The van der Waals surface area contributed by atoms with E-state index in [0.717, 1.165) is 94.3 Å². The molecule has 11 nitrogen and oxygen atoms in total. The van der Waals surface area contributed by atoms with E-state index in [0.29, 0.717) is 22.9 Å². The van der Waals surface area contributed by atoms with Gasteiger partial charge in [0.15, 0.2) is 0 Å². The van der Waals surface area contributed by atoms with Crippen molar-refractivity contribution in [3.63, 3.8) is 0 Å². The molecule has 11 heteroatoms. The van der Waals surface area contributed by atoms with Crippen LogP contribution in [0, 0.1) is 5.41 Å². The third-order valence-corrected chi connectivity index (χ3v) is 9.54. The highest BCUT2D eigenvalue weighted by atomic mass is 16.6. The van der Waals surface area contributed by atoms with E-state index in [1.807, 2.05) is 44.0 Å². The summed E-state index contributed by atoms with van der Waals surface area (Å²) in [5.74, 6) is 1.13. The van der Waals surface area contributed by atoms with Crippen LogP contribution in [0.25, 0.3) is 11.0 Å². The molecule has 2 amide bonds. The van der Waals surface area contributed by atoms with Gasteiger partial charge in [0.2, 0.25) is 5.95 Å². The van der Waals surface area contributed by atoms with Crippen molar-refractivity contribution in [1.82, 2.24) is 29.3 Å². The number of carbonyl (C=O) groups excluding carboxylic acids is 2. The molecule has 44 heavy (non-hydrogen) atoms. The number of amides is 2. The van der Waals surface area contributed by atoms with E-state index in [-0.39, 0.29) is 18.0 Å². The lowest BCUT2D eigenvalue weighted by atomic mass is 9.71. The van der Waals surface area contributed by atoms with Gasteiger partial charge in [-0.25, -0.2) is 14.8 Å². The molecule has 0 unspecified atom stereocenters. The van der Waals surface area contributed by atoms with E-state index in [1.165, 1.54) is 0 Å². The standard InChI is InChI=1S/C33H46N8O3/c1-32(2,3)44-31(43)40-18-14-33(15-19-40)12-16-39(17-13-33)25-10-11-27(34-22-25)36-30-35-21-23-20-26(29(42)38(4)5)41(28(23)37-30)24-8-6-7-9-24/h10-11,20-22,24H,6-9,12-19H2,1-5H3,(H,34,35,36,37). The first kappa shape index (κ1) is 30.1. The number of likely N-dealkylation sites (tertiary alicyclic amines) is 1. The summed E-state index contributed by atoms with van der Waals surface area (Å²) < 4.78 is 7.70. The maximum absolute atomic E-state index is 13.0. The summed E-state index contributed by atoms with van der Waals surface area (Å²) in [5.41, 5.74) is 2.40. The van der Waals surface area contributed by atoms with Gasteiger partial charge in [-0.1, -0.05) is 12.8 Å². The first-order valence-electron chi connectivity index (χ1n) is 16.1. The highest BCUT2D eigenvalue weighted by Gasteiger charge is 2.39. The SMILES string of the molecule is CN(C)C(=O)c1cc2cnc(Nc3ccc(N4CCC5(CCN(C(=O)OC(C)(C)C)CC5)CC4)cn3)nc2n1C1CCCC1. The number of ether oxygens (including phenoxy) is 1. The van der Waals surface area contributed by atoms with Crippen LogP contribution >= 0.6 is 0 Å². The van der Waals surface area contributed by atoms with Gasteiger partial charge in [-0.2, -0.15) is 4.98 Å². The van der Waals surface area contributed by atoms with Crippen molar-refractivity contribution >= 4 is 40.5 Å². The number of piperidine rings is 2. The first-order valence-corrected chi connectivity index (χ1v) is 16.1. The van der Waals surface area contributed by atoms with E-state index in [4.69, 9.17) is 9.72 Å². The molecule has 3 aromatic heterocycles. The molecular formula is C33H46N8O3. The number of anilines is 3. The molecule has 1 N–H and O–H groups in total. The van der Waals surface area contributed by atoms with Crippen molar-refractivity contribution in [3.8, 4) is 0 Å². The topological polar surface area (TPSA) is 109 Å². The van der Waals surface area contributed by atoms with Crippen LogP contribution in [0.15, 0.2) is 30.6 Å². The van der Waals surface area contributed by atoms with Gasteiger partial charge < -0.3 is 29.3 Å². The van der Waals surface area contributed by atoms with Gasteiger partial charge in [0.1, 0.15) is 22.8 Å². The second-order valence-electron chi connectivity index (χ2n) is 14.0. The predicted molar refractivity (Wildman–Crippen MR) is 171 cm³/mol. The van der Waals surface area contributed by atoms with Crippen LogP contribution in [0.5, 0.6) is 0 Å². The molecule has 1 saturated carbocycles. The molecular weight excluding hydrogens is 556 g/mol. The summed E-state index contributed by atoms with van der Waals surface area (Å²) in [6, 6.07) is 6.27. The molecule has 0 bridgehead atoms. The third-order valence-electron chi connectivity index (χ3n) is 9.54. The normalized spacial score (nSPS) is 19.0. The number of carbonyl (C=O) groups is 2. The molecule has 6 rings (SSSR count). The minimum absolute atomic E-state index is 0.0171. The Kier molecular flexibility index (Phi) is 8.15. The van der Waals surface area contributed by atoms with Gasteiger partial charge in [-0.15, -0.1) is 0 Å². The van der Waals surface area contributed by atoms with E-state index < -0.39 is 5.60 Å². The van der Waals surface area contributed by atoms with Crippen molar-refractivity contribution in [3.05, 3.63) is 36.3 Å². The second kappa shape index (κ2) is 11.9. The Morgan fingerprint density at radius 3 is 2.27 bits per heavy atom. The first-order chi connectivity index (χ1) is 21.0. The van der Waals surface area contributed by atoms with Crippen LogP contribution in [0.1, 0.15) is 88.7 Å². The van der Waals surface area contributed by atoms with Crippen molar-refractivity contribution in [2.75, 3.05) is 50.5 Å². The average Bonchev–Trinajstić information content (AvgIpc) is 3.65. The summed E-state index contributed by atoms with van der Waals surface area (Å²) in [6.07, 6.45) is 12.2. The van der Waals surface area contributed by atoms with Gasteiger partial charge in [-0.05, 0) is 82.9 Å². The zero-order chi connectivity index (χ0) is 31.1. The maximum Gasteiger partial charge on any atom is 0.410 e. The number of hydrogen-bond acceptors (Lipinski definition) is 8. The Balaban J connectivity index is 1.08. The number of fused-ring (bicyclic) bond motifs is 1. The molecule has 2 aliphatic heterocycles. The third kappa shape index (κ3) is 6.32. The Labute approximate surface area is 260 Å². The number of nitrogens with one attached hydrogen (secondary N) is 1. The minimum atomic E-state index is -0.462. The van der Waals surface area contributed by atoms with Crippen LogP contribution in [0.4, 0.5) is 22.2 Å². The monoisotopic (exact) mass is 602 g/mol. The number of nitrogens with zero attached hydrogens (tertiary/aromatic N) is 7. The second-order valence-corrected chi connectivity index (χ2v) is 14.0. The van der Waals surface area contributed by atoms with E-state index in [9.17, 15) is 9.59 Å². The number of hydrogen-bond donors (Lipinski definition) is 1. The molecule has 0 aromatic carbocycles. The molecule has 0 atom stereocenters. The van der Waals surface area contributed by atoms with Crippen LogP contribution in [-0.4, -0.2) is 87.2 Å². The zero-order valence-electron chi connectivity index (χ0n) is 26.8. The number of aromatic nitrogens is 4. The molecule has 0 radical (unpaired) electrons. The fourth-order valence-corrected chi connectivity index (χ4v) is 6.99. The van der Waals surface area contributed by atoms with Gasteiger partial charge >= 0.3 is 6.09 Å². The lowest BCUT2D eigenvalue weighted by Gasteiger charge is -2.47. The van der Waals surface area contributed by atoms with E-state index in [1.54, 1.807) is 25.2 Å². The smallest absolute Gasteiger partial charge is 0.410 e. The maximum atomic E-state index is 13.0. The van der Waals surface area contributed by atoms with E-state index in [2.05, 4.69) is 30.8 Å². The Morgan fingerprint density at radius 2 is 1.66 bits per heavy atom. The summed E-state index contributed by atoms with van der Waals surface area (Å²) in [7, 11) is 3.57. The largest absolute Gasteiger partial charge is 0.444 e. The summed E-state index contributed by atoms with van der Waals surface area (Å²) in [4.78, 5) is 45.5. The molecule has 3 fully saturated rings. The van der Waals surface area contributed by atoms with Crippen LogP contribution in [-0.2, 0) is 4.74 Å². The molecule has 3 aliphatic rings. The number of rotatable bonds is 5. The minimum Gasteiger partial charge on any atom is -0.444 e. The summed E-state index contributed by atoms with van der Waals surface area (Å²) >= 11 is 0. The Bertz CT molecular complexity index is 1490. The predicted octanol–water partition coefficient (Wildman–Crippen LogP) is 6.00. The highest BCUT2D eigenvalue weighted by molar-refractivity contribution is 5.97. The quantitative estimate of drug-likeness (QED) is 0.379. The molecule has 3 aromatic rings. The van der Waals surface area contributed by atoms with Gasteiger partial charge in [0, 0.05) is 57.9 Å². The fraction of sp³-hybridized carbons (Fsp3) is 0.606. The molecule has 1 aliphatic carbocycles. The van der Waals surface area contributed by atoms with Gasteiger partial charge in [-0.3, -0.25) is 4.79 Å². The molecule has 1 spiro atoms. The van der Waals surface area contributed by atoms with E-state index >= 15 is 0 Å². The van der Waals surface area contributed by atoms with Gasteiger partial charge in [0.25, 0.3) is 5.91 Å². The van der Waals surface area contributed by atoms with Gasteiger partial charge in [0.05, 0.1) is 11.9 Å². The van der Waals surface area contributed by atoms with Crippen molar-refractivity contribution in [2.24, 2.45) is 5.41 Å². The Hall–Kier alpha value is -3.89. The Morgan fingerprint density at radius 1 is 0.977 bits per heavy atom. The molecule has 236 valence electrons. The average molecular weight is 603 g/mol. The summed E-state index contributed by atoms with van der Waals surface area (Å²) in [6.45, 7) is 9.24.